The predicted octanol–water partition coefficient (Wildman–Crippen LogP) is 3.08. The summed E-state index contributed by atoms with van der Waals surface area (Å²) in [5.74, 6) is 1.21. The zero-order valence-corrected chi connectivity index (χ0v) is 13.3. The molecular formula is C17H23ClN2O. The van der Waals surface area contributed by atoms with Gasteiger partial charge in [0.15, 0.2) is 0 Å². The van der Waals surface area contributed by atoms with Crippen LogP contribution in [0.15, 0.2) is 24.3 Å². The number of carbonyl (C=O) groups is 1. The van der Waals surface area contributed by atoms with Gasteiger partial charge in [-0.05, 0) is 36.8 Å². The van der Waals surface area contributed by atoms with Crippen LogP contribution in [0.3, 0.4) is 0 Å². The summed E-state index contributed by atoms with van der Waals surface area (Å²) in [4.78, 5) is 14.2. The number of amides is 1. The Bertz CT molecular complexity index is 515. The van der Waals surface area contributed by atoms with E-state index in [0.29, 0.717) is 23.8 Å². The van der Waals surface area contributed by atoms with E-state index in [-0.39, 0.29) is 0 Å². The Morgan fingerprint density at radius 3 is 2.76 bits per heavy atom. The second kappa shape index (κ2) is 6.37. The van der Waals surface area contributed by atoms with Crippen molar-refractivity contribution in [3.05, 3.63) is 34.9 Å². The fraction of sp³-hybridized carbons (Fsp3) is 0.588. The lowest BCUT2D eigenvalue weighted by Crippen LogP contribution is -2.50. The SMILES string of the molecule is C[C@@H]1CN(C(=O)C2CC2)CC[C@H]1NCc1ccccc1Cl. The average Bonchev–Trinajstić information content (AvgIpc) is 3.31. The van der Waals surface area contributed by atoms with Crippen LogP contribution in [0.1, 0.15) is 31.7 Å². The molecule has 1 aromatic rings. The molecule has 1 heterocycles. The minimum Gasteiger partial charge on any atom is -0.342 e. The van der Waals surface area contributed by atoms with E-state index in [1.165, 1.54) is 0 Å². The molecule has 2 fully saturated rings. The fourth-order valence-electron chi connectivity index (χ4n) is 3.12. The second-order valence-corrected chi connectivity index (χ2v) is 6.81. The number of nitrogens with zero attached hydrogens (tertiary/aromatic N) is 1. The third kappa shape index (κ3) is 3.58. The number of benzene rings is 1. The number of piperidine rings is 1. The van der Waals surface area contributed by atoms with Crippen molar-refractivity contribution in [2.75, 3.05) is 13.1 Å². The van der Waals surface area contributed by atoms with Gasteiger partial charge in [0, 0.05) is 36.6 Å². The Morgan fingerprint density at radius 1 is 1.33 bits per heavy atom. The number of likely N-dealkylation sites (tertiary alicyclic amines) is 1. The van der Waals surface area contributed by atoms with Crippen molar-refractivity contribution in [2.45, 2.75) is 38.8 Å². The van der Waals surface area contributed by atoms with Crippen LogP contribution in [0.4, 0.5) is 0 Å². The van der Waals surface area contributed by atoms with Gasteiger partial charge in [0.25, 0.3) is 0 Å². The molecule has 1 N–H and O–H groups in total. The first-order chi connectivity index (χ1) is 10.1. The maximum absolute atomic E-state index is 12.1. The molecular weight excluding hydrogens is 284 g/mol. The summed E-state index contributed by atoms with van der Waals surface area (Å²) in [5, 5.41) is 4.43. The van der Waals surface area contributed by atoms with E-state index in [1.807, 2.05) is 18.2 Å². The summed E-state index contributed by atoms with van der Waals surface area (Å²) >= 11 is 6.19. The van der Waals surface area contributed by atoms with Crippen LogP contribution in [0.25, 0.3) is 0 Å². The summed E-state index contributed by atoms with van der Waals surface area (Å²) in [7, 11) is 0. The van der Waals surface area contributed by atoms with Crippen molar-refractivity contribution in [1.29, 1.82) is 0 Å². The lowest BCUT2D eigenvalue weighted by Gasteiger charge is -2.37. The summed E-state index contributed by atoms with van der Waals surface area (Å²) in [5.41, 5.74) is 1.14. The van der Waals surface area contributed by atoms with Crippen molar-refractivity contribution in [3.8, 4) is 0 Å². The van der Waals surface area contributed by atoms with Crippen molar-refractivity contribution < 1.29 is 4.79 Å². The van der Waals surface area contributed by atoms with Gasteiger partial charge in [-0.3, -0.25) is 4.79 Å². The number of hydrogen-bond donors (Lipinski definition) is 1. The van der Waals surface area contributed by atoms with Gasteiger partial charge in [-0.1, -0.05) is 36.7 Å². The van der Waals surface area contributed by atoms with Crippen LogP contribution >= 0.6 is 11.6 Å². The number of nitrogens with one attached hydrogen (secondary N) is 1. The van der Waals surface area contributed by atoms with Gasteiger partial charge in [-0.15, -0.1) is 0 Å². The van der Waals surface area contributed by atoms with Gasteiger partial charge in [0.2, 0.25) is 5.91 Å². The van der Waals surface area contributed by atoms with Gasteiger partial charge >= 0.3 is 0 Å². The van der Waals surface area contributed by atoms with Crippen LogP contribution in [0.2, 0.25) is 5.02 Å². The molecule has 1 saturated heterocycles. The molecule has 0 radical (unpaired) electrons. The molecule has 0 spiro atoms. The lowest BCUT2D eigenvalue weighted by atomic mass is 9.93. The smallest absolute Gasteiger partial charge is 0.225 e. The summed E-state index contributed by atoms with van der Waals surface area (Å²) in [6.07, 6.45) is 3.22. The summed E-state index contributed by atoms with van der Waals surface area (Å²) in [6, 6.07) is 8.43. The van der Waals surface area contributed by atoms with E-state index in [1.54, 1.807) is 0 Å². The van der Waals surface area contributed by atoms with E-state index in [4.69, 9.17) is 11.6 Å². The predicted molar refractivity (Wildman–Crippen MR) is 85.2 cm³/mol. The van der Waals surface area contributed by atoms with Crippen LogP contribution in [0, 0.1) is 11.8 Å². The van der Waals surface area contributed by atoms with Gasteiger partial charge in [0.05, 0.1) is 0 Å². The molecule has 1 aliphatic carbocycles. The minimum atomic E-state index is 0.338. The Kier molecular flexibility index (Phi) is 4.51. The lowest BCUT2D eigenvalue weighted by molar-refractivity contribution is -0.134. The highest BCUT2D eigenvalue weighted by Gasteiger charge is 2.36. The highest BCUT2D eigenvalue weighted by molar-refractivity contribution is 6.31. The van der Waals surface area contributed by atoms with Gasteiger partial charge in [-0.25, -0.2) is 0 Å². The van der Waals surface area contributed by atoms with E-state index in [9.17, 15) is 4.79 Å². The van der Waals surface area contributed by atoms with E-state index >= 15 is 0 Å². The molecule has 1 saturated carbocycles. The van der Waals surface area contributed by atoms with Crippen molar-refractivity contribution in [1.82, 2.24) is 10.2 Å². The highest BCUT2D eigenvalue weighted by Crippen LogP contribution is 2.32. The largest absolute Gasteiger partial charge is 0.342 e. The first-order valence-electron chi connectivity index (χ1n) is 7.90. The summed E-state index contributed by atoms with van der Waals surface area (Å²) in [6.45, 7) is 4.80. The average molecular weight is 307 g/mol. The van der Waals surface area contributed by atoms with Gasteiger partial charge < -0.3 is 10.2 Å². The third-order valence-corrected chi connectivity index (χ3v) is 5.02. The van der Waals surface area contributed by atoms with E-state index in [0.717, 1.165) is 49.5 Å². The van der Waals surface area contributed by atoms with Gasteiger partial charge in [-0.2, -0.15) is 0 Å². The molecule has 114 valence electrons. The monoisotopic (exact) mass is 306 g/mol. The molecule has 2 atom stereocenters. The number of hydrogen-bond acceptors (Lipinski definition) is 2. The first-order valence-corrected chi connectivity index (χ1v) is 8.28. The quantitative estimate of drug-likeness (QED) is 0.927. The van der Waals surface area contributed by atoms with Crippen LogP contribution < -0.4 is 5.32 Å². The van der Waals surface area contributed by atoms with Crippen molar-refractivity contribution in [3.63, 3.8) is 0 Å². The normalized spacial score (nSPS) is 25.9. The van der Waals surface area contributed by atoms with Gasteiger partial charge in [0.1, 0.15) is 0 Å². The van der Waals surface area contributed by atoms with E-state index < -0.39 is 0 Å². The third-order valence-electron chi connectivity index (χ3n) is 4.66. The molecule has 1 amide bonds. The molecule has 0 bridgehead atoms. The standard InChI is InChI=1S/C17H23ClN2O/c1-12-11-20(17(21)13-6-7-13)9-8-16(12)19-10-14-4-2-3-5-15(14)18/h2-5,12-13,16,19H,6-11H2,1H3/t12-,16-/m1/s1. The molecule has 1 aliphatic heterocycles. The molecule has 4 heteroatoms. The molecule has 0 unspecified atom stereocenters. The van der Waals surface area contributed by atoms with Crippen LogP contribution in [-0.2, 0) is 11.3 Å². The number of rotatable bonds is 4. The zero-order chi connectivity index (χ0) is 14.8. The first kappa shape index (κ1) is 14.9. The topological polar surface area (TPSA) is 32.3 Å². The van der Waals surface area contributed by atoms with Crippen LogP contribution in [-0.4, -0.2) is 29.9 Å². The fourth-order valence-corrected chi connectivity index (χ4v) is 3.32. The van der Waals surface area contributed by atoms with Crippen LogP contribution in [0.5, 0.6) is 0 Å². The van der Waals surface area contributed by atoms with Crippen molar-refractivity contribution in [2.24, 2.45) is 11.8 Å². The molecule has 21 heavy (non-hydrogen) atoms. The number of halogens is 1. The van der Waals surface area contributed by atoms with Crippen molar-refractivity contribution >= 4 is 17.5 Å². The Morgan fingerprint density at radius 2 is 2.10 bits per heavy atom. The Labute approximate surface area is 131 Å². The van der Waals surface area contributed by atoms with E-state index in [2.05, 4.69) is 23.2 Å². The zero-order valence-electron chi connectivity index (χ0n) is 12.5. The Balaban J connectivity index is 1.51. The summed E-state index contributed by atoms with van der Waals surface area (Å²) < 4.78 is 0. The molecule has 1 aromatic carbocycles. The maximum atomic E-state index is 12.1. The number of carbonyl (C=O) groups excluding carboxylic acids is 1. The second-order valence-electron chi connectivity index (χ2n) is 6.40. The molecule has 2 aliphatic rings. The minimum absolute atomic E-state index is 0.338. The molecule has 0 aromatic heterocycles. The molecule has 3 nitrogen and oxygen atoms in total. The Hall–Kier alpha value is -1.06. The highest BCUT2D eigenvalue weighted by atomic mass is 35.5. The maximum Gasteiger partial charge on any atom is 0.225 e. The molecule has 3 rings (SSSR count).